The van der Waals surface area contributed by atoms with Gasteiger partial charge in [0.25, 0.3) is 11.8 Å². The Bertz CT molecular complexity index is 1060. The van der Waals surface area contributed by atoms with E-state index in [1.54, 1.807) is 17.0 Å². The number of hydrogen-bond acceptors (Lipinski definition) is 4. The van der Waals surface area contributed by atoms with Gasteiger partial charge in [0.05, 0.1) is 17.9 Å². The number of aromatic amines is 1. The van der Waals surface area contributed by atoms with Crippen molar-refractivity contribution in [1.82, 2.24) is 15.5 Å². The van der Waals surface area contributed by atoms with Crippen LogP contribution in [0.3, 0.4) is 0 Å². The number of amides is 2. The average Bonchev–Trinajstić information content (AvgIpc) is 3.32. The van der Waals surface area contributed by atoms with E-state index in [1.807, 2.05) is 62.4 Å². The van der Waals surface area contributed by atoms with Crippen LogP contribution in [0, 0.1) is 0 Å². The molecule has 0 fully saturated rings. The monoisotopic (exact) mass is 418 g/mol. The number of para-hydroxylation sites is 2. The second-order valence-corrected chi connectivity index (χ2v) is 7.54. The lowest BCUT2D eigenvalue weighted by atomic mass is 10.1. The van der Waals surface area contributed by atoms with Crippen molar-refractivity contribution in [1.29, 1.82) is 0 Å². The Balaban J connectivity index is 1.60. The molecule has 1 unspecified atom stereocenters. The highest BCUT2D eigenvalue weighted by Crippen LogP contribution is 2.34. The molecule has 0 saturated heterocycles. The first-order valence-electron chi connectivity index (χ1n) is 10.6. The van der Waals surface area contributed by atoms with Crippen molar-refractivity contribution in [2.75, 3.05) is 11.4 Å². The summed E-state index contributed by atoms with van der Waals surface area (Å²) in [6.07, 6.45) is 0.894. The number of ether oxygens (including phenoxy) is 1. The molecule has 2 heterocycles. The van der Waals surface area contributed by atoms with Crippen LogP contribution >= 0.6 is 0 Å². The quantitative estimate of drug-likeness (QED) is 0.638. The molecular formula is C24H26N4O3. The SMILES string of the molecule is CCC(CC)NC(=O)C1CN(C(=O)c2cc(-c3ccccc3)n[nH]2)c2ccccc2O1. The number of benzene rings is 2. The molecule has 0 spiro atoms. The Kier molecular flexibility index (Phi) is 6.02. The topological polar surface area (TPSA) is 87.3 Å². The minimum Gasteiger partial charge on any atom is -0.477 e. The number of anilines is 1. The van der Waals surface area contributed by atoms with Crippen LogP contribution in [-0.4, -0.2) is 40.7 Å². The number of fused-ring (bicyclic) bond motifs is 1. The molecule has 0 bridgehead atoms. The highest BCUT2D eigenvalue weighted by molar-refractivity contribution is 6.07. The summed E-state index contributed by atoms with van der Waals surface area (Å²) >= 11 is 0. The molecule has 0 aliphatic carbocycles. The summed E-state index contributed by atoms with van der Waals surface area (Å²) in [6, 6.07) is 18.7. The molecule has 4 rings (SSSR count). The van der Waals surface area contributed by atoms with Gasteiger partial charge in [0.15, 0.2) is 6.10 Å². The van der Waals surface area contributed by atoms with E-state index in [0.29, 0.717) is 22.8 Å². The van der Waals surface area contributed by atoms with Crippen molar-refractivity contribution in [3.63, 3.8) is 0 Å². The second-order valence-electron chi connectivity index (χ2n) is 7.54. The minimum atomic E-state index is -0.782. The third kappa shape index (κ3) is 4.30. The number of aromatic nitrogens is 2. The van der Waals surface area contributed by atoms with E-state index in [2.05, 4.69) is 15.5 Å². The van der Waals surface area contributed by atoms with Crippen molar-refractivity contribution in [3.05, 3.63) is 66.4 Å². The standard InChI is InChI=1S/C24H26N4O3/c1-3-17(4-2)25-23(29)22-15-28(20-12-8-9-13-21(20)31-22)24(30)19-14-18(26-27-19)16-10-6-5-7-11-16/h5-14,17,22H,3-4,15H2,1-2H3,(H,25,29)(H,26,27). The number of nitrogens with zero attached hydrogens (tertiary/aromatic N) is 2. The number of carbonyl (C=O) groups excluding carboxylic acids is 2. The van der Waals surface area contributed by atoms with Crippen LogP contribution in [-0.2, 0) is 4.79 Å². The summed E-state index contributed by atoms with van der Waals surface area (Å²) in [4.78, 5) is 27.8. The molecule has 2 amide bonds. The van der Waals surface area contributed by atoms with Gasteiger partial charge in [-0.15, -0.1) is 0 Å². The lowest BCUT2D eigenvalue weighted by molar-refractivity contribution is -0.128. The molecule has 1 aliphatic rings. The van der Waals surface area contributed by atoms with Gasteiger partial charge in [-0.1, -0.05) is 56.3 Å². The first-order chi connectivity index (χ1) is 15.1. The molecule has 160 valence electrons. The van der Waals surface area contributed by atoms with Crippen molar-refractivity contribution in [2.24, 2.45) is 0 Å². The zero-order chi connectivity index (χ0) is 21.8. The van der Waals surface area contributed by atoms with Gasteiger partial charge < -0.3 is 10.1 Å². The Morgan fingerprint density at radius 2 is 1.84 bits per heavy atom. The molecule has 1 aliphatic heterocycles. The highest BCUT2D eigenvalue weighted by atomic mass is 16.5. The van der Waals surface area contributed by atoms with E-state index >= 15 is 0 Å². The van der Waals surface area contributed by atoms with Gasteiger partial charge in [-0.2, -0.15) is 5.10 Å². The van der Waals surface area contributed by atoms with Gasteiger partial charge in [0, 0.05) is 11.6 Å². The van der Waals surface area contributed by atoms with Gasteiger partial charge >= 0.3 is 0 Å². The third-order valence-electron chi connectivity index (χ3n) is 5.52. The zero-order valence-electron chi connectivity index (χ0n) is 17.7. The minimum absolute atomic E-state index is 0.0819. The predicted octanol–water partition coefficient (Wildman–Crippen LogP) is 3.79. The van der Waals surface area contributed by atoms with Crippen molar-refractivity contribution < 1.29 is 14.3 Å². The number of hydrogen-bond donors (Lipinski definition) is 2. The lowest BCUT2D eigenvalue weighted by Crippen LogP contribution is -2.52. The van der Waals surface area contributed by atoms with Crippen LogP contribution in [0.1, 0.15) is 37.2 Å². The molecular weight excluding hydrogens is 392 g/mol. The average molecular weight is 418 g/mol. The predicted molar refractivity (Wildman–Crippen MR) is 119 cm³/mol. The Morgan fingerprint density at radius 1 is 1.13 bits per heavy atom. The molecule has 7 nitrogen and oxygen atoms in total. The maximum Gasteiger partial charge on any atom is 0.276 e. The normalized spacial score (nSPS) is 15.3. The van der Waals surface area contributed by atoms with E-state index in [-0.39, 0.29) is 24.4 Å². The summed E-state index contributed by atoms with van der Waals surface area (Å²) in [5.41, 5.74) is 2.60. The largest absolute Gasteiger partial charge is 0.477 e. The molecule has 2 aromatic carbocycles. The summed E-state index contributed by atoms with van der Waals surface area (Å²) in [5.74, 6) is 0.0379. The fourth-order valence-electron chi connectivity index (χ4n) is 3.68. The first kappa shape index (κ1) is 20.7. The molecule has 3 aromatic rings. The molecule has 1 aromatic heterocycles. The van der Waals surface area contributed by atoms with Crippen LogP contribution in [0.15, 0.2) is 60.7 Å². The van der Waals surface area contributed by atoms with Crippen LogP contribution in [0.2, 0.25) is 0 Å². The maximum absolute atomic E-state index is 13.4. The van der Waals surface area contributed by atoms with E-state index in [4.69, 9.17) is 4.74 Å². The van der Waals surface area contributed by atoms with Crippen LogP contribution in [0.25, 0.3) is 11.3 Å². The van der Waals surface area contributed by atoms with Crippen LogP contribution < -0.4 is 15.0 Å². The summed E-state index contributed by atoms with van der Waals surface area (Å²) in [5, 5.41) is 10.2. The van der Waals surface area contributed by atoms with Crippen LogP contribution in [0.4, 0.5) is 5.69 Å². The summed E-state index contributed by atoms with van der Waals surface area (Å²) in [6.45, 7) is 4.19. The number of H-pyrrole nitrogens is 1. The summed E-state index contributed by atoms with van der Waals surface area (Å²) < 4.78 is 5.94. The molecule has 0 saturated carbocycles. The zero-order valence-corrected chi connectivity index (χ0v) is 17.7. The van der Waals surface area contributed by atoms with Crippen molar-refractivity contribution >= 4 is 17.5 Å². The second kappa shape index (κ2) is 9.04. The Hall–Kier alpha value is -3.61. The molecule has 0 radical (unpaired) electrons. The molecule has 31 heavy (non-hydrogen) atoms. The van der Waals surface area contributed by atoms with Gasteiger partial charge in [0.1, 0.15) is 11.4 Å². The van der Waals surface area contributed by atoms with Crippen molar-refractivity contribution in [2.45, 2.75) is 38.8 Å². The first-order valence-corrected chi connectivity index (χ1v) is 10.6. The highest BCUT2D eigenvalue weighted by Gasteiger charge is 2.35. The fraction of sp³-hybridized carbons (Fsp3) is 0.292. The van der Waals surface area contributed by atoms with Crippen LogP contribution in [0.5, 0.6) is 5.75 Å². The van der Waals surface area contributed by atoms with E-state index in [9.17, 15) is 9.59 Å². The van der Waals surface area contributed by atoms with E-state index < -0.39 is 6.10 Å². The summed E-state index contributed by atoms with van der Waals surface area (Å²) in [7, 11) is 0. The maximum atomic E-state index is 13.4. The van der Waals surface area contributed by atoms with Gasteiger partial charge in [-0.3, -0.25) is 19.6 Å². The Morgan fingerprint density at radius 3 is 2.58 bits per heavy atom. The fourth-order valence-corrected chi connectivity index (χ4v) is 3.68. The van der Waals surface area contributed by atoms with Crippen molar-refractivity contribution in [3.8, 4) is 17.0 Å². The number of nitrogens with one attached hydrogen (secondary N) is 2. The molecule has 2 N–H and O–H groups in total. The Labute approximate surface area is 181 Å². The van der Waals surface area contributed by atoms with E-state index in [0.717, 1.165) is 18.4 Å². The number of carbonyl (C=O) groups is 2. The van der Waals surface area contributed by atoms with Gasteiger partial charge in [-0.05, 0) is 31.0 Å². The molecule has 1 atom stereocenters. The lowest BCUT2D eigenvalue weighted by Gasteiger charge is -2.34. The number of rotatable bonds is 6. The van der Waals surface area contributed by atoms with Gasteiger partial charge in [0.2, 0.25) is 0 Å². The van der Waals surface area contributed by atoms with Gasteiger partial charge in [-0.25, -0.2) is 0 Å². The molecule has 7 heteroatoms. The third-order valence-corrected chi connectivity index (χ3v) is 5.52. The van der Waals surface area contributed by atoms with E-state index in [1.165, 1.54) is 0 Å². The smallest absolute Gasteiger partial charge is 0.276 e.